The SMILES string of the molecule is CCCCCCC1CC(NCCCC)C[N]1. The van der Waals surface area contributed by atoms with Crippen LogP contribution < -0.4 is 10.6 Å². The van der Waals surface area contributed by atoms with Gasteiger partial charge in [0, 0.05) is 18.6 Å². The molecule has 2 nitrogen and oxygen atoms in total. The minimum Gasteiger partial charge on any atom is -0.313 e. The lowest BCUT2D eigenvalue weighted by Crippen LogP contribution is -2.30. The lowest BCUT2D eigenvalue weighted by atomic mass is 10.0. The van der Waals surface area contributed by atoms with E-state index in [9.17, 15) is 0 Å². The summed E-state index contributed by atoms with van der Waals surface area (Å²) in [5.41, 5.74) is 0. The van der Waals surface area contributed by atoms with Crippen LogP contribution in [0.1, 0.15) is 65.2 Å². The molecule has 1 rings (SSSR count). The topological polar surface area (TPSA) is 26.1 Å². The molecule has 1 heterocycles. The monoisotopic (exact) mass is 225 g/mol. The Morgan fingerprint density at radius 1 is 1.06 bits per heavy atom. The second-order valence-electron chi connectivity index (χ2n) is 5.11. The summed E-state index contributed by atoms with van der Waals surface area (Å²) in [6.45, 7) is 6.76. The molecule has 0 aromatic carbocycles. The van der Waals surface area contributed by atoms with E-state index in [-0.39, 0.29) is 0 Å². The van der Waals surface area contributed by atoms with Crippen molar-refractivity contribution in [2.45, 2.75) is 77.3 Å². The number of nitrogens with zero attached hydrogens (tertiary/aromatic N) is 1. The van der Waals surface area contributed by atoms with E-state index >= 15 is 0 Å². The van der Waals surface area contributed by atoms with Crippen molar-refractivity contribution in [3.8, 4) is 0 Å². The van der Waals surface area contributed by atoms with Gasteiger partial charge in [-0.25, -0.2) is 5.32 Å². The van der Waals surface area contributed by atoms with Crippen LogP contribution in [-0.2, 0) is 0 Å². The molecule has 0 amide bonds. The van der Waals surface area contributed by atoms with Crippen LogP contribution in [0.3, 0.4) is 0 Å². The van der Waals surface area contributed by atoms with E-state index in [1.807, 2.05) is 0 Å². The summed E-state index contributed by atoms with van der Waals surface area (Å²) in [4.78, 5) is 0. The van der Waals surface area contributed by atoms with Crippen molar-refractivity contribution in [1.82, 2.24) is 10.6 Å². The highest BCUT2D eigenvalue weighted by Gasteiger charge is 2.23. The van der Waals surface area contributed by atoms with Gasteiger partial charge in [0.2, 0.25) is 0 Å². The van der Waals surface area contributed by atoms with Gasteiger partial charge in [-0.3, -0.25) is 0 Å². The van der Waals surface area contributed by atoms with Crippen molar-refractivity contribution >= 4 is 0 Å². The first-order valence-corrected chi connectivity index (χ1v) is 7.26. The molecule has 0 bridgehead atoms. The zero-order chi connectivity index (χ0) is 11.6. The maximum absolute atomic E-state index is 4.73. The first-order chi connectivity index (χ1) is 7.86. The normalized spacial score (nSPS) is 25.1. The fourth-order valence-corrected chi connectivity index (χ4v) is 2.40. The lowest BCUT2D eigenvalue weighted by Gasteiger charge is -2.11. The number of nitrogens with one attached hydrogen (secondary N) is 1. The highest BCUT2D eigenvalue weighted by Crippen LogP contribution is 2.15. The Labute approximate surface area is 102 Å². The summed E-state index contributed by atoms with van der Waals surface area (Å²) in [6, 6.07) is 1.35. The predicted molar refractivity (Wildman–Crippen MR) is 70.9 cm³/mol. The molecule has 0 aliphatic carbocycles. The van der Waals surface area contributed by atoms with Crippen molar-refractivity contribution in [2.24, 2.45) is 0 Å². The third kappa shape index (κ3) is 5.86. The van der Waals surface area contributed by atoms with E-state index in [1.165, 1.54) is 57.9 Å². The quantitative estimate of drug-likeness (QED) is 0.600. The summed E-state index contributed by atoms with van der Waals surface area (Å²) in [5.74, 6) is 0. The molecule has 1 radical (unpaired) electrons. The van der Waals surface area contributed by atoms with Gasteiger partial charge in [-0.15, -0.1) is 0 Å². The Hall–Kier alpha value is -0.0800. The maximum atomic E-state index is 4.73. The zero-order valence-electron chi connectivity index (χ0n) is 11.2. The first-order valence-electron chi connectivity index (χ1n) is 7.26. The van der Waals surface area contributed by atoms with E-state index in [0.29, 0.717) is 12.1 Å². The first kappa shape index (κ1) is 14.0. The molecule has 1 saturated heterocycles. The van der Waals surface area contributed by atoms with Crippen molar-refractivity contribution in [3.05, 3.63) is 0 Å². The minimum atomic E-state index is 0.663. The fourth-order valence-electron chi connectivity index (χ4n) is 2.40. The third-order valence-corrected chi connectivity index (χ3v) is 3.49. The molecule has 16 heavy (non-hydrogen) atoms. The molecular formula is C14H29N2. The van der Waals surface area contributed by atoms with E-state index in [2.05, 4.69) is 19.2 Å². The van der Waals surface area contributed by atoms with Crippen molar-refractivity contribution in [3.63, 3.8) is 0 Å². The average Bonchev–Trinajstić information content (AvgIpc) is 2.73. The molecule has 1 N–H and O–H groups in total. The second kappa shape index (κ2) is 9.00. The van der Waals surface area contributed by atoms with Gasteiger partial charge in [-0.1, -0.05) is 46.0 Å². The second-order valence-corrected chi connectivity index (χ2v) is 5.11. The minimum absolute atomic E-state index is 0.663. The highest BCUT2D eigenvalue weighted by atomic mass is 15.0. The van der Waals surface area contributed by atoms with Gasteiger partial charge in [0.05, 0.1) is 0 Å². The van der Waals surface area contributed by atoms with E-state index < -0.39 is 0 Å². The lowest BCUT2D eigenvalue weighted by molar-refractivity contribution is 0.487. The summed E-state index contributed by atoms with van der Waals surface area (Å²) in [7, 11) is 0. The van der Waals surface area contributed by atoms with Crippen LogP contribution in [0.25, 0.3) is 0 Å². The van der Waals surface area contributed by atoms with Crippen molar-refractivity contribution in [2.75, 3.05) is 13.1 Å². The van der Waals surface area contributed by atoms with Gasteiger partial charge in [-0.2, -0.15) is 0 Å². The Kier molecular flexibility index (Phi) is 7.87. The molecule has 1 aliphatic rings. The molecule has 1 fully saturated rings. The molecule has 2 heteroatoms. The van der Waals surface area contributed by atoms with Crippen LogP contribution >= 0.6 is 0 Å². The molecule has 0 aromatic heterocycles. The number of unbranched alkanes of at least 4 members (excludes halogenated alkanes) is 4. The summed E-state index contributed by atoms with van der Waals surface area (Å²) >= 11 is 0. The fraction of sp³-hybridized carbons (Fsp3) is 1.00. The molecule has 2 unspecified atom stereocenters. The Bertz CT molecular complexity index is 159. The zero-order valence-corrected chi connectivity index (χ0v) is 11.2. The summed E-state index contributed by atoms with van der Waals surface area (Å²) < 4.78 is 0. The van der Waals surface area contributed by atoms with E-state index in [0.717, 1.165) is 6.54 Å². The van der Waals surface area contributed by atoms with Crippen LogP contribution in [0.2, 0.25) is 0 Å². The van der Waals surface area contributed by atoms with Crippen LogP contribution in [0.4, 0.5) is 0 Å². The molecular weight excluding hydrogens is 196 g/mol. The summed E-state index contributed by atoms with van der Waals surface area (Å²) in [6.07, 6.45) is 10.7. The molecule has 0 aromatic rings. The molecule has 1 aliphatic heterocycles. The number of hydrogen-bond donors (Lipinski definition) is 1. The highest BCUT2D eigenvalue weighted by molar-refractivity contribution is 4.85. The van der Waals surface area contributed by atoms with E-state index in [1.54, 1.807) is 0 Å². The van der Waals surface area contributed by atoms with Crippen LogP contribution in [0.15, 0.2) is 0 Å². The number of rotatable bonds is 9. The average molecular weight is 225 g/mol. The van der Waals surface area contributed by atoms with Crippen LogP contribution in [0.5, 0.6) is 0 Å². The predicted octanol–water partition coefficient (Wildman–Crippen LogP) is 3.09. The molecule has 95 valence electrons. The Morgan fingerprint density at radius 3 is 2.62 bits per heavy atom. The number of hydrogen-bond acceptors (Lipinski definition) is 1. The van der Waals surface area contributed by atoms with Crippen molar-refractivity contribution < 1.29 is 0 Å². The van der Waals surface area contributed by atoms with Gasteiger partial charge < -0.3 is 5.32 Å². The standard InChI is InChI=1S/C14H29N2/c1-3-5-7-8-9-13-11-14(12-16-13)15-10-6-4-2/h13-15H,3-12H2,1-2H3. The van der Waals surface area contributed by atoms with Crippen LogP contribution in [0, 0.1) is 0 Å². The van der Waals surface area contributed by atoms with Crippen molar-refractivity contribution in [1.29, 1.82) is 0 Å². The van der Waals surface area contributed by atoms with Crippen LogP contribution in [-0.4, -0.2) is 25.2 Å². The Morgan fingerprint density at radius 2 is 1.88 bits per heavy atom. The van der Waals surface area contributed by atoms with Gasteiger partial charge >= 0.3 is 0 Å². The maximum Gasteiger partial charge on any atom is 0.0291 e. The summed E-state index contributed by atoms with van der Waals surface area (Å²) in [5, 5.41) is 8.35. The van der Waals surface area contributed by atoms with E-state index in [4.69, 9.17) is 5.32 Å². The van der Waals surface area contributed by atoms with Gasteiger partial charge in [0.15, 0.2) is 0 Å². The largest absolute Gasteiger partial charge is 0.313 e. The molecule has 2 atom stereocenters. The van der Waals surface area contributed by atoms with Gasteiger partial charge in [0.1, 0.15) is 0 Å². The van der Waals surface area contributed by atoms with Gasteiger partial charge in [-0.05, 0) is 25.8 Å². The molecule has 0 spiro atoms. The smallest absolute Gasteiger partial charge is 0.0291 e. The third-order valence-electron chi connectivity index (χ3n) is 3.49. The molecule has 0 saturated carbocycles. The Balaban J connectivity index is 1.97. The van der Waals surface area contributed by atoms with Gasteiger partial charge in [0.25, 0.3) is 0 Å².